The van der Waals surface area contributed by atoms with Gasteiger partial charge in [0.15, 0.2) is 0 Å². The van der Waals surface area contributed by atoms with Gasteiger partial charge in [0.1, 0.15) is 17.9 Å². The van der Waals surface area contributed by atoms with Gasteiger partial charge in [-0.15, -0.1) is 0 Å². The molecule has 1 fully saturated rings. The topological polar surface area (TPSA) is 50.3 Å². The summed E-state index contributed by atoms with van der Waals surface area (Å²) in [7, 11) is 1.70. The van der Waals surface area contributed by atoms with Gasteiger partial charge in [0.2, 0.25) is 0 Å². The number of methoxy groups -OCH3 is 1. The number of anilines is 1. The van der Waals surface area contributed by atoms with E-state index in [1.54, 1.807) is 13.4 Å². The molecule has 1 unspecified atom stereocenters. The predicted octanol–water partition coefficient (Wildman–Crippen LogP) is 2.79. The molecular weight excluding hydrogens is 300 g/mol. The van der Waals surface area contributed by atoms with Gasteiger partial charge in [0, 0.05) is 25.0 Å². The average Bonchev–Trinajstić information content (AvgIpc) is 2.67. The largest absolute Gasteiger partial charge is 0.497 e. The number of hydrogen-bond donors (Lipinski definition) is 1. The molecule has 1 saturated heterocycles. The minimum atomic E-state index is 0.252. The lowest BCUT2D eigenvalue weighted by atomic mass is 10.0. The highest BCUT2D eigenvalue weighted by atomic mass is 16.5. The van der Waals surface area contributed by atoms with Crippen LogP contribution in [0.5, 0.6) is 5.75 Å². The predicted molar refractivity (Wildman–Crippen MR) is 95.5 cm³/mol. The summed E-state index contributed by atoms with van der Waals surface area (Å²) in [6.07, 6.45) is 1.65. The first-order valence-corrected chi connectivity index (χ1v) is 8.17. The first kappa shape index (κ1) is 14.9. The molecule has 4 rings (SSSR count). The van der Waals surface area contributed by atoms with E-state index in [0.717, 1.165) is 42.1 Å². The van der Waals surface area contributed by atoms with E-state index in [-0.39, 0.29) is 6.04 Å². The van der Waals surface area contributed by atoms with E-state index < -0.39 is 0 Å². The zero-order chi connectivity index (χ0) is 16.4. The molecule has 0 aliphatic carbocycles. The van der Waals surface area contributed by atoms with Crippen molar-refractivity contribution in [2.45, 2.75) is 6.04 Å². The molecule has 2 aromatic carbocycles. The van der Waals surface area contributed by atoms with Gasteiger partial charge in [-0.25, -0.2) is 9.97 Å². The van der Waals surface area contributed by atoms with Crippen molar-refractivity contribution in [3.63, 3.8) is 0 Å². The Morgan fingerprint density at radius 1 is 1.12 bits per heavy atom. The van der Waals surface area contributed by atoms with Crippen LogP contribution in [0.2, 0.25) is 0 Å². The summed E-state index contributed by atoms with van der Waals surface area (Å²) in [4.78, 5) is 11.3. The molecule has 1 aliphatic heterocycles. The molecule has 0 saturated carbocycles. The highest BCUT2D eigenvalue weighted by Gasteiger charge is 2.23. The maximum atomic E-state index is 5.35. The zero-order valence-corrected chi connectivity index (χ0v) is 13.6. The third-order valence-corrected chi connectivity index (χ3v) is 4.49. The van der Waals surface area contributed by atoms with Gasteiger partial charge >= 0.3 is 0 Å². The summed E-state index contributed by atoms with van der Waals surface area (Å²) >= 11 is 0. The molecule has 0 amide bonds. The van der Waals surface area contributed by atoms with Gasteiger partial charge in [0.05, 0.1) is 18.7 Å². The van der Waals surface area contributed by atoms with E-state index in [9.17, 15) is 0 Å². The van der Waals surface area contributed by atoms with Gasteiger partial charge in [-0.2, -0.15) is 0 Å². The molecule has 3 aromatic rings. The van der Waals surface area contributed by atoms with Gasteiger partial charge in [-0.05, 0) is 29.8 Å². The third kappa shape index (κ3) is 2.78. The molecule has 0 spiro atoms. The van der Waals surface area contributed by atoms with Crippen LogP contribution in [-0.4, -0.2) is 36.7 Å². The second kappa shape index (κ2) is 6.45. The minimum absolute atomic E-state index is 0.252. The molecule has 0 radical (unpaired) electrons. The van der Waals surface area contributed by atoms with Crippen LogP contribution in [0.4, 0.5) is 5.82 Å². The van der Waals surface area contributed by atoms with Crippen LogP contribution in [0, 0.1) is 0 Å². The molecule has 5 nitrogen and oxygen atoms in total. The average molecular weight is 320 g/mol. The molecule has 1 atom stereocenters. The Hall–Kier alpha value is -2.66. The normalized spacial score (nSPS) is 17.9. The van der Waals surface area contributed by atoms with E-state index in [4.69, 9.17) is 4.74 Å². The number of para-hydroxylation sites is 1. The van der Waals surface area contributed by atoms with Crippen LogP contribution in [0.15, 0.2) is 54.9 Å². The fraction of sp³-hybridized carbons (Fsp3) is 0.263. The smallest absolute Gasteiger partial charge is 0.139 e. The molecular formula is C19H20N4O. The number of piperazine rings is 1. The van der Waals surface area contributed by atoms with Crippen molar-refractivity contribution >= 4 is 16.7 Å². The number of benzene rings is 2. The molecule has 122 valence electrons. The standard InChI is InChI=1S/C19H20N4O/c1-24-15-6-4-5-14(11-15)18-12-23(10-9-20-18)19-16-7-2-3-8-17(16)21-13-22-19/h2-8,11,13,18,20H,9-10,12H2,1H3. The van der Waals surface area contributed by atoms with E-state index in [0.29, 0.717) is 0 Å². The van der Waals surface area contributed by atoms with Crippen molar-refractivity contribution in [2.24, 2.45) is 0 Å². The lowest BCUT2D eigenvalue weighted by Crippen LogP contribution is -2.46. The Kier molecular flexibility index (Phi) is 4.01. The van der Waals surface area contributed by atoms with Gasteiger partial charge in [0.25, 0.3) is 0 Å². The van der Waals surface area contributed by atoms with Gasteiger partial charge in [-0.3, -0.25) is 0 Å². The fourth-order valence-corrected chi connectivity index (χ4v) is 3.27. The number of fused-ring (bicyclic) bond motifs is 1. The highest BCUT2D eigenvalue weighted by molar-refractivity contribution is 5.89. The molecule has 0 bridgehead atoms. The minimum Gasteiger partial charge on any atom is -0.497 e. The summed E-state index contributed by atoms with van der Waals surface area (Å²) in [5.41, 5.74) is 2.22. The maximum absolute atomic E-state index is 5.35. The second-order valence-corrected chi connectivity index (χ2v) is 5.94. The summed E-state index contributed by atoms with van der Waals surface area (Å²) in [5.74, 6) is 1.90. The first-order valence-electron chi connectivity index (χ1n) is 8.17. The van der Waals surface area contributed by atoms with Crippen molar-refractivity contribution in [1.29, 1.82) is 0 Å². The first-order chi connectivity index (χ1) is 11.8. The molecule has 1 aliphatic rings. The molecule has 1 N–H and O–H groups in total. The Bertz CT molecular complexity index is 846. The van der Waals surface area contributed by atoms with Crippen molar-refractivity contribution in [3.8, 4) is 5.75 Å². The fourth-order valence-electron chi connectivity index (χ4n) is 3.27. The Morgan fingerprint density at radius 2 is 2.04 bits per heavy atom. The Labute approximate surface area is 141 Å². The van der Waals surface area contributed by atoms with E-state index in [2.05, 4.69) is 38.4 Å². The monoisotopic (exact) mass is 320 g/mol. The van der Waals surface area contributed by atoms with Crippen LogP contribution in [0.25, 0.3) is 10.9 Å². The third-order valence-electron chi connectivity index (χ3n) is 4.49. The van der Waals surface area contributed by atoms with Crippen molar-refractivity contribution in [3.05, 3.63) is 60.4 Å². The van der Waals surface area contributed by atoms with Crippen LogP contribution >= 0.6 is 0 Å². The number of hydrogen-bond acceptors (Lipinski definition) is 5. The van der Waals surface area contributed by atoms with Crippen molar-refractivity contribution < 1.29 is 4.74 Å². The van der Waals surface area contributed by atoms with Crippen LogP contribution in [0.3, 0.4) is 0 Å². The number of nitrogens with one attached hydrogen (secondary N) is 1. The Morgan fingerprint density at radius 3 is 2.96 bits per heavy atom. The summed E-state index contributed by atoms with van der Waals surface area (Å²) in [5, 5.41) is 4.70. The zero-order valence-electron chi connectivity index (χ0n) is 13.6. The van der Waals surface area contributed by atoms with E-state index >= 15 is 0 Å². The highest BCUT2D eigenvalue weighted by Crippen LogP contribution is 2.27. The quantitative estimate of drug-likeness (QED) is 0.804. The van der Waals surface area contributed by atoms with Crippen molar-refractivity contribution in [2.75, 3.05) is 31.6 Å². The SMILES string of the molecule is COc1cccc(C2CN(c3ncnc4ccccc34)CCN2)c1. The molecule has 24 heavy (non-hydrogen) atoms. The van der Waals surface area contributed by atoms with E-state index in [1.165, 1.54) is 5.56 Å². The second-order valence-electron chi connectivity index (χ2n) is 5.94. The van der Waals surface area contributed by atoms with Crippen LogP contribution < -0.4 is 15.0 Å². The lowest BCUT2D eigenvalue weighted by Gasteiger charge is -2.35. The van der Waals surface area contributed by atoms with Gasteiger partial charge in [-0.1, -0.05) is 24.3 Å². The molecule has 5 heteroatoms. The summed E-state index contributed by atoms with van der Waals surface area (Å²) < 4.78 is 5.35. The lowest BCUT2D eigenvalue weighted by molar-refractivity contribution is 0.411. The molecule has 2 heterocycles. The Balaban J connectivity index is 1.64. The van der Waals surface area contributed by atoms with Gasteiger partial charge < -0.3 is 15.0 Å². The van der Waals surface area contributed by atoms with Crippen LogP contribution in [-0.2, 0) is 0 Å². The number of ether oxygens (including phenoxy) is 1. The summed E-state index contributed by atoms with van der Waals surface area (Å²) in [6, 6.07) is 16.7. The maximum Gasteiger partial charge on any atom is 0.139 e. The molecule has 1 aromatic heterocycles. The summed E-state index contributed by atoms with van der Waals surface area (Å²) in [6.45, 7) is 2.72. The number of nitrogens with zero attached hydrogens (tertiary/aromatic N) is 3. The van der Waals surface area contributed by atoms with Crippen LogP contribution in [0.1, 0.15) is 11.6 Å². The van der Waals surface area contributed by atoms with Crippen molar-refractivity contribution in [1.82, 2.24) is 15.3 Å². The van der Waals surface area contributed by atoms with E-state index in [1.807, 2.05) is 30.3 Å². The number of aromatic nitrogens is 2. The number of rotatable bonds is 3.